The quantitative estimate of drug-likeness (QED) is 0.910. The van der Waals surface area contributed by atoms with E-state index in [9.17, 15) is 4.79 Å². The number of fused-ring (bicyclic) bond motifs is 1. The molecular weight excluding hydrogens is 256 g/mol. The Morgan fingerprint density at radius 1 is 1.40 bits per heavy atom. The van der Waals surface area contributed by atoms with Crippen LogP contribution in [0.1, 0.15) is 19.8 Å². The summed E-state index contributed by atoms with van der Waals surface area (Å²) in [5, 5.41) is 3.06. The molecule has 1 aromatic rings. The van der Waals surface area contributed by atoms with Crippen molar-refractivity contribution in [3.05, 3.63) is 18.2 Å². The van der Waals surface area contributed by atoms with Gasteiger partial charge in [0.05, 0.1) is 5.69 Å². The number of hydrogen-bond acceptors (Lipinski definition) is 4. The molecule has 0 aromatic heterocycles. The van der Waals surface area contributed by atoms with E-state index in [0.29, 0.717) is 19.6 Å². The van der Waals surface area contributed by atoms with Gasteiger partial charge < -0.3 is 19.7 Å². The van der Waals surface area contributed by atoms with Crippen LogP contribution in [0.4, 0.5) is 5.69 Å². The summed E-state index contributed by atoms with van der Waals surface area (Å²) in [4.78, 5) is 13.7. The highest BCUT2D eigenvalue weighted by molar-refractivity contribution is 5.76. The fourth-order valence-corrected chi connectivity index (χ4v) is 2.73. The van der Waals surface area contributed by atoms with Crippen LogP contribution in [0.15, 0.2) is 18.2 Å². The first-order chi connectivity index (χ1) is 9.78. The van der Waals surface area contributed by atoms with Crippen LogP contribution in [0.2, 0.25) is 0 Å². The highest BCUT2D eigenvalue weighted by Gasteiger charge is 2.27. The molecule has 2 aliphatic heterocycles. The van der Waals surface area contributed by atoms with Crippen molar-refractivity contribution in [2.45, 2.75) is 25.8 Å². The van der Waals surface area contributed by atoms with Crippen molar-refractivity contribution in [2.75, 3.05) is 31.2 Å². The number of nitrogens with zero attached hydrogens (tertiary/aromatic N) is 1. The molecule has 1 amide bonds. The summed E-state index contributed by atoms with van der Waals surface area (Å²) in [5.41, 5.74) is 1.07. The minimum Gasteiger partial charge on any atom is -0.486 e. The third-order valence-electron chi connectivity index (χ3n) is 3.76. The molecule has 2 heterocycles. The van der Waals surface area contributed by atoms with Gasteiger partial charge in [-0.2, -0.15) is 0 Å². The zero-order valence-electron chi connectivity index (χ0n) is 11.7. The van der Waals surface area contributed by atoms with Gasteiger partial charge in [0, 0.05) is 25.6 Å². The summed E-state index contributed by atoms with van der Waals surface area (Å²) < 4.78 is 11.4. The SMILES string of the molecule is CCC(=O)N[C@H]1CCN(c2cccc3c2OCCO3)C1. The summed E-state index contributed by atoms with van der Waals surface area (Å²) >= 11 is 0. The third-order valence-corrected chi connectivity index (χ3v) is 3.76. The third kappa shape index (κ3) is 2.53. The van der Waals surface area contributed by atoms with Crippen LogP contribution in [0.25, 0.3) is 0 Å². The molecule has 0 saturated carbocycles. The highest BCUT2D eigenvalue weighted by Crippen LogP contribution is 2.40. The lowest BCUT2D eigenvalue weighted by atomic mass is 10.2. The van der Waals surface area contributed by atoms with E-state index in [2.05, 4.69) is 16.3 Å². The smallest absolute Gasteiger partial charge is 0.219 e. The summed E-state index contributed by atoms with van der Waals surface area (Å²) in [7, 11) is 0. The molecule has 20 heavy (non-hydrogen) atoms. The summed E-state index contributed by atoms with van der Waals surface area (Å²) in [6.45, 7) is 4.82. The van der Waals surface area contributed by atoms with Gasteiger partial charge in [-0.15, -0.1) is 0 Å². The first-order valence-electron chi connectivity index (χ1n) is 7.21. The molecule has 1 aromatic carbocycles. The number of hydrogen-bond donors (Lipinski definition) is 1. The van der Waals surface area contributed by atoms with E-state index in [1.165, 1.54) is 0 Å². The lowest BCUT2D eigenvalue weighted by Gasteiger charge is -2.26. The van der Waals surface area contributed by atoms with Crippen LogP contribution in [-0.4, -0.2) is 38.3 Å². The van der Waals surface area contributed by atoms with E-state index in [1.807, 2.05) is 19.1 Å². The second kappa shape index (κ2) is 5.61. The maximum atomic E-state index is 11.5. The molecule has 108 valence electrons. The summed E-state index contributed by atoms with van der Waals surface area (Å²) in [5.74, 6) is 1.77. The molecule has 0 unspecified atom stereocenters. The molecule has 1 atom stereocenters. The molecule has 5 heteroatoms. The molecular formula is C15H20N2O3. The number of rotatable bonds is 3. The van der Waals surface area contributed by atoms with E-state index in [0.717, 1.165) is 36.7 Å². The van der Waals surface area contributed by atoms with E-state index in [-0.39, 0.29) is 11.9 Å². The van der Waals surface area contributed by atoms with Gasteiger partial charge in [-0.1, -0.05) is 13.0 Å². The van der Waals surface area contributed by atoms with Gasteiger partial charge in [0.1, 0.15) is 13.2 Å². The number of nitrogens with one attached hydrogen (secondary N) is 1. The Hall–Kier alpha value is -1.91. The largest absolute Gasteiger partial charge is 0.486 e. The van der Waals surface area contributed by atoms with Crippen molar-refractivity contribution in [1.29, 1.82) is 0 Å². The number of amides is 1. The van der Waals surface area contributed by atoms with Crippen molar-refractivity contribution in [3.8, 4) is 11.5 Å². The van der Waals surface area contributed by atoms with Gasteiger partial charge in [-0.3, -0.25) is 4.79 Å². The highest BCUT2D eigenvalue weighted by atomic mass is 16.6. The molecule has 0 radical (unpaired) electrons. The molecule has 3 rings (SSSR count). The minimum absolute atomic E-state index is 0.117. The molecule has 0 bridgehead atoms. The van der Waals surface area contributed by atoms with E-state index in [4.69, 9.17) is 9.47 Å². The van der Waals surface area contributed by atoms with Crippen molar-refractivity contribution >= 4 is 11.6 Å². The lowest BCUT2D eigenvalue weighted by molar-refractivity contribution is -0.121. The number of benzene rings is 1. The number of ether oxygens (including phenoxy) is 2. The molecule has 1 N–H and O–H groups in total. The fourth-order valence-electron chi connectivity index (χ4n) is 2.73. The zero-order valence-corrected chi connectivity index (χ0v) is 11.7. The van der Waals surface area contributed by atoms with Crippen molar-refractivity contribution in [3.63, 3.8) is 0 Å². The Kier molecular flexibility index (Phi) is 3.67. The topological polar surface area (TPSA) is 50.8 Å². The van der Waals surface area contributed by atoms with Gasteiger partial charge >= 0.3 is 0 Å². The normalized spacial score (nSPS) is 20.9. The predicted octanol–water partition coefficient (Wildman–Crippen LogP) is 1.56. The molecule has 1 fully saturated rings. The summed E-state index contributed by atoms with van der Waals surface area (Å²) in [6, 6.07) is 6.20. The zero-order chi connectivity index (χ0) is 13.9. The van der Waals surface area contributed by atoms with E-state index >= 15 is 0 Å². The van der Waals surface area contributed by atoms with Crippen LogP contribution in [0, 0.1) is 0 Å². The fraction of sp³-hybridized carbons (Fsp3) is 0.533. The van der Waals surface area contributed by atoms with Crippen LogP contribution in [0.5, 0.6) is 11.5 Å². The van der Waals surface area contributed by atoms with Gasteiger partial charge in [0.15, 0.2) is 11.5 Å². The first-order valence-corrected chi connectivity index (χ1v) is 7.21. The van der Waals surface area contributed by atoms with Crippen molar-refractivity contribution in [1.82, 2.24) is 5.32 Å². The number of carbonyl (C=O) groups is 1. The first kappa shape index (κ1) is 13.1. The summed E-state index contributed by atoms with van der Waals surface area (Å²) in [6.07, 6.45) is 1.50. The van der Waals surface area contributed by atoms with Crippen molar-refractivity contribution in [2.24, 2.45) is 0 Å². The Morgan fingerprint density at radius 3 is 3.10 bits per heavy atom. The predicted molar refractivity (Wildman–Crippen MR) is 76.5 cm³/mol. The molecule has 2 aliphatic rings. The average Bonchev–Trinajstić information content (AvgIpc) is 2.94. The number of anilines is 1. The number of para-hydroxylation sites is 1. The van der Waals surface area contributed by atoms with Crippen LogP contribution in [0.3, 0.4) is 0 Å². The van der Waals surface area contributed by atoms with Crippen LogP contribution >= 0.6 is 0 Å². The van der Waals surface area contributed by atoms with Gasteiger partial charge in [0.25, 0.3) is 0 Å². The van der Waals surface area contributed by atoms with Gasteiger partial charge in [0.2, 0.25) is 5.91 Å². The minimum atomic E-state index is 0.117. The van der Waals surface area contributed by atoms with Crippen LogP contribution < -0.4 is 19.7 Å². The lowest BCUT2D eigenvalue weighted by Crippen LogP contribution is -2.36. The maximum Gasteiger partial charge on any atom is 0.219 e. The Bertz CT molecular complexity index is 504. The maximum absolute atomic E-state index is 11.5. The molecule has 0 spiro atoms. The standard InChI is InChI=1S/C15H20N2O3/c1-2-14(18)16-11-6-7-17(10-11)12-4-3-5-13-15(12)20-9-8-19-13/h3-5,11H,2,6-10H2,1H3,(H,16,18)/t11-/m0/s1. The second-order valence-electron chi connectivity index (χ2n) is 5.15. The second-order valence-corrected chi connectivity index (χ2v) is 5.15. The molecule has 0 aliphatic carbocycles. The van der Waals surface area contributed by atoms with Gasteiger partial charge in [-0.25, -0.2) is 0 Å². The monoisotopic (exact) mass is 276 g/mol. The molecule has 1 saturated heterocycles. The Labute approximate surface area is 118 Å². The van der Waals surface area contributed by atoms with E-state index in [1.54, 1.807) is 0 Å². The van der Waals surface area contributed by atoms with E-state index < -0.39 is 0 Å². The van der Waals surface area contributed by atoms with Crippen LogP contribution in [-0.2, 0) is 4.79 Å². The van der Waals surface area contributed by atoms with Crippen molar-refractivity contribution < 1.29 is 14.3 Å². The Balaban J connectivity index is 1.73. The molecule has 5 nitrogen and oxygen atoms in total. The van der Waals surface area contributed by atoms with Gasteiger partial charge in [-0.05, 0) is 18.6 Å². The number of carbonyl (C=O) groups excluding carboxylic acids is 1. The average molecular weight is 276 g/mol. The Morgan fingerprint density at radius 2 is 2.25 bits per heavy atom.